The summed E-state index contributed by atoms with van der Waals surface area (Å²) in [5.41, 5.74) is 0. The van der Waals surface area contributed by atoms with E-state index in [2.05, 4.69) is 16.7 Å². The Labute approximate surface area is 135 Å². The standard InChI is InChI=1S/C17H33N3O2/c1-5-19-6-8-20(9-7-19)10-11-22-16-12-15(13-16)18(4)17(21)14(2)3/h14-16H,5-13H2,1-4H3. The Balaban J connectivity index is 1.54. The van der Waals surface area contributed by atoms with Crippen LogP contribution in [0.5, 0.6) is 0 Å². The van der Waals surface area contributed by atoms with Gasteiger partial charge in [0.05, 0.1) is 12.7 Å². The van der Waals surface area contributed by atoms with Gasteiger partial charge in [-0.25, -0.2) is 0 Å². The van der Waals surface area contributed by atoms with Gasteiger partial charge in [-0.3, -0.25) is 9.69 Å². The SMILES string of the molecule is CCN1CCN(CCOC2CC(N(C)C(=O)C(C)C)C2)CC1. The van der Waals surface area contributed by atoms with E-state index in [1.54, 1.807) is 0 Å². The first-order valence-electron chi connectivity index (χ1n) is 8.84. The van der Waals surface area contributed by atoms with Gasteiger partial charge in [-0.05, 0) is 19.4 Å². The van der Waals surface area contributed by atoms with Crippen LogP contribution in [0.3, 0.4) is 0 Å². The largest absolute Gasteiger partial charge is 0.377 e. The lowest BCUT2D eigenvalue weighted by atomic mass is 9.87. The Morgan fingerprint density at radius 3 is 2.32 bits per heavy atom. The van der Waals surface area contributed by atoms with Crippen LogP contribution in [-0.4, -0.2) is 85.7 Å². The van der Waals surface area contributed by atoms with Crippen molar-refractivity contribution in [1.82, 2.24) is 14.7 Å². The topological polar surface area (TPSA) is 36.0 Å². The van der Waals surface area contributed by atoms with Crippen molar-refractivity contribution in [2.24, 2.45) is 5.92 Å². The average Bonchev–Trinajstić information content (AvgIpc) is 2.48. The van der Waals surface area contributed by atoms with Gasteiger partial charge >= 0.3 is 0 Å². The van der Waals surface area contributed by atoms with E-state index in [0.29, 0.717) is 12.1 Å². The van der Waals surface area contributed by atoms with Crippen LogP contribution < -0.4 is 0 Å². The highest BCUT2D eigenvalue weighted by Gasteiger charge is 2.35. The molecule has 5 heteroatoms. The molecule has 1 saturated carbocycles. The first-order valence-corrected chi connectivity index (χ1v) is 8.84. The molecular weight excluding hydrogens is 278 g/mol. The molecule has 1 heterocycles. The normalized spacial score (nSPS) is 27.0. The molecule has 1 aliphatic heterocycles. The van der Waals surface area contributed by atoms with Crippen molar-refractivity contribution in [1.29, 1.82) is 0 Å². The van der Waals surface area contributed by atoms with E-state index in [9.17, 15) is 4.79 Å². The van der Waals surface area contributed by atoms with Gasteiger partial charge in [0.15, 0.2) is 0 Å². The summed E-state index contributed by atoms with van der Waals surface area (Å²) in [6, 6.07) is 0.382. The zero-order valence-electron chi connectivity index (χ0n) is 14.8. The smallest absolute Gasteiger partial charge is 0.225 e. The second kappa shape index (κ2) is 8.27. The van der Waals surface area contributed by atoms with Crippen LogP contribution in [0.4, 0.5) is 0 Å². The molecule has 1 saturated heterocycles. The molecule has 0 radical (unpaired) electrons. The van der Waals surface area contributed by atoms with E-state index >= 15 is 0 Å². The maximum absolute atomic E-state index is 11.9. The van der Waals surface area contributed by atoms with E-state index in [1.807, 2.05) is 25.8 Å². The fraction of sp³-hybridized carbons (Fsp3) is 0.941. The summed E-state index contributed by atoms with van der Waals surface area (Å²) in [5, 5.41) is 0. The van der Waals surface area contributed by atoms with Gasteiger partial charge in [-0.1, -0.05) is 20.8 Å². The van der Waals surface area contributed by atoms with Gasteiger partial charge in [-0.2, -0.15) is 0 Å². The molecule has 0 aromatic rings. The first kappa shape index (κ1) is 17.7. The van der Waals surface area contributed by atoms with Gasteiger partial charge in [0, 0.05) is 51.7 Å². The summed E-state index contributed by atoms with van der Waals surface area (Å²) in [5.74, 6) is 0.337. The van der Waals surface area contributed by atoms with Crippen LogP contribution in [0.1, 0.15) is 33.6 Å². The van der Waals surface area contributed by atoms with Gasteiger partial charge in [0.2, 0.25) is 5.91 Å². The van der Waals surface area contributed by atoms with Gasteiger partial charge in [0.1, 0.15) is 0 Å². The number of hydrogen-bond donors (Lipinski definition) is 0. The molecule has 2 rings (SSSR count). The van der Waals surface area contributed by atoms with Crippen molar-refractivity contribution in [2.75, 3.05) is 52.9 Å². The average molecular weight is 311 g/mol. The van der Waals surface area contributed by atoms with Crippen LogP contribution in [0.15, 0.2) is 0 Å². The molecule has 22 heavy (non-hydrogen) atoms. The molecule has 0 aromatic carbocycles. The fourth-order valence-electron chi connectivity index (χ4n) is 3.26. The minimum Gasteiger partial charge on any atom is -0.377 e. The lowest BCUT2D eigenvalue weighted by Crippen LogP contribution is -2.50. The van der Waals surface area contributed by atoms with Crippen molar-refractivity contribution >= 4 is 5.91 Å². The Morgan fingerprint density at radius 2 is 1.77 bits per heavy atom. The number of nitrogens with zero attached hydrogens (tertiary/aromatic N) is 3. The van der Waals surface area contributed by atoms with Crippen molar-refractivity contribution < 1.29 is 9.53 Å². The highest BCUT2D eigenvalue weighted by Crippen LogP contribution is 2.28. The number of rotatable bonds is 7. The third-order valence-corrected chi connectivity index (χ3v) is 5.13. The van der Waals surface area contributed by atoms with E-state index in [-0.39, 0.29) is 11.8 Å². The van der Waals surface area contributed by atoms with Crippen LogP contribution in [0.2, 0.25) is 0 Å². The predicted molar refractivity (Wildman–Crippen MR) is 88.9 cm³/mol. The molecule has 5 nitrogen and oxygen atoms in total. The van der Waals surface area contributed by atoms with E-state index in [0.717, 1.165) is 45.6 Å². The summed E-state index contributed by atoms with van der Waals surface area (Å²) >= 11 is 0. The van der Waals surface area contributed by atoms with E-state index < -0.39 is 0 Å². The third kappa shape index (κ3) is 4.67. The molecule has 0 atom stereocenters. The lowest BCUT2D eigenvalue weighted by Gasteiger charge is -2.42. The zero-order valence-corrected chi connectivity index (χ0v) is 14.8. The number of ether oxygens (including phenoxy) is 1. The second-order valence-electron chi connectivity index (χ2n) is 7.00. The molecule has 2 fully saturated rings. The molecule has 128 valence electrons. The molecular formula is C17H33N3O2. The van der Waals surface area contributed by atoms with Gasteiger partial charge in [0.25, 0.3) is 0 Å². The van der Waals surface area contributed by atoms with Crippen LogP contribution in [0, 0.1) is 5.92 Å². The van der Waals surface area contributed by atoms with Crippen LogP contribution >= 0.6 is 0 Å². The van der Waals surface area contributed by atoms with Gasteiger partial charge < -0.3 is 14.5 Å². The van der Waals surface area contributed by atoms with Crippen molar-refractivity contribution in [2.45, 2.75) is 45.8 Å². The van der Waals surface area contributed by atoms with Crippen LogP contribution in [-0.2, 0) is 9.53 Å². The van der Waals surface area contributed by atoms with Crippen molar-refractivity contribution in [3.05, 3.63) is 0 Å². The highest BCUT2D eigenvalue weighted by molar-refractivity contribution is 5.78. The number of amides is 1. The second-order valence-corrected chi connectivity index (χ2v) is 7.00. The molecule has 2 aliphatic rings. The van der Waals surface area contributed by atoms with E-state index in [4.69, 9.17) is 4.74 Å². The Morgan fingerprint density at radius 1 is 1.18 bits per heavy atom. The van der Waals surface area contributed by atoms with Crippen molar-refractivity contribution in [3.8, 4) is 0 Å². The van der Waals surface area contributed by atoms with Crippen LogP contribution in [0.25, 0.3) is 0 Å². The maximum atomic E-state index is 11.9. The molecule has 0 N–H and O–H groups in total. The summed E-state index contributed by atoms with van der Waals surface area (Å²) in [6.45, 7) is 13.9. The lowest BCUT2D eigenvalue weighted by molar-refractivity contribution is -0.140. The Kier molecular flexibility index (Phi) is 6.66. The monoisotopic (exact) mass is 311 g/mol. The highest BCUT2D eigenvalue weighted by atomic mass is 16.5. The summed E-state index contributed by atoms with van der Waals surface area (Å²) in [6.07, 6.45) is 2.35. The zero-order chi connectivity index (χ0) is 16.1. The quantitative estimate of drug-likeness (QED) is 0.710. The summed E-state index contributed by atoms with van der Waals surface area (Å²) in [7, 11) is 1.93. The van der Waals surface area contributed by atoms with Gasteiger partial charge in [-0.15, -0.1) is 0 Å². The molecule has 0 aromatic heterocycles. The number of piperazine rings is 1. The number of hydrogen-bond acceptors (Lipinski definition) is 4. The number of carbonyl (C=O) groups is 1. The molecule has 1 amide bonds. The predicted octanol–water partition coefficient (Wildman–Crippen LogP) is 1.29. The third-order valence-electron chi connectivity index (χ3n) is 5.13. The minimum absolute atomic E-state index is 0.0896. The summed E-state index contributed by atoms with van der Waals surface area (Å²) in [4.78, 5) is 18.8. The molecule has 0 spiro atoms. The Hall–Kier alpha value is -0.650. The maximum Gasteiger partial charge on any atom is 0.225 e. The molecule has 0 bridgehead atoms. The van der Waals surface area contributed by atoms with Crippen molar-refractivity contribution in [3.63, 3.8) is 0 Å². The van der Waals surface area contributed by atoms with E-state index in [1.165, 1.54) is 13.1 Å². The molecule has 0 unspecified atom stereocenters. The Bertz CT molecular complexity index is 348. The fourth-order valence-corrected chi connectivity index (χ4v) is 3.26. The summed E-state index contributed by atoms with van der Waals surface area (Å²) < 4.78 is 5.96. The first-order chi connectivity index (χ1) is 10.5. The minimum atomic E-state index is 0.0896. The molecule has 1 aliphatic carbocycles. The number of carbonyl (C=O) groups excluding carboxylic acids is 1. The number of likely N-dealkylation sites (N-methyl/N-ethyl adjacent to an activating group) is 1.